The van der Waals surface area contributed by atoms with Crippen LogP contribution >= 0.6 is 11.8 Å². The number of piperazine rings is 2. The first-order valence-corrected chi connectivity index (χ1v) is 11.4. The third-order valence-electron chi connectivity index (χ3n) is 5.15. The lowest BCUT2D eigenvalue weighted by molar-refractivity contribution is -0.132. The molecule has 3 aliphatic rings. The van der Waals surface area contributed by atoms with Gasteiger partial charge in [-0.1, -0.05) is 11.8 Å². The van der Waals surface area contributed by atoms with Crippen LogP contribution in [0.2, 0.25) is 0 Å². The molecule has 0 atom stereocenters. The summed E-state index contributed by atoms with van der Waals surface area (Å²) in [5.74, 6) is 0.780. The quantitative estimate of drug-likeness (QED) is 0.594. The summed E-state index contributed by atoms with van der Waals surface area (Å²) in [6, 6.07) is 0. The van der Waals surface area contributed by atoms with E-state index in [1.807, 2.05) is 7.05 Å². The largest absolute Gasteiger partial charge is 0.340 e. The molecule has 0 aliphatic carbocycles. The number of amides is 2. The molecule has 0 saturated carbocycles. The van der Waals surface area contributed by atoms with E-state index < -0.39 is 10.2 Å². The number of hydrogen-bond acceptors (Lipinski definition) is 6. The van der Waals surface area contributed by atoms with Crippen LogP contribution in [-0.2, 0) is 15.0 Å². The van der Waals surface area contributed by atoms with Crippen molar-refractivity contribution in [3.8, 4) is 0 Å². The van der Waals surface area contributed by atoms with E-state index in [1.54, 1.807) is 14.1 Å². The Bertz CT molecular complexity index is 628. The predicted molar refractivity (Wildman–Crippen MR) is 100 cm³/mol. The highest BCUT2D eigenvalue weighted by atomic mass is 32.2. The van der Waals surface area contributed by atoms with Crippen molar-refractivity contribution in [2.45, 2.75) is 6.42 Å². The van der Waals surface area contributed by atoms with Gasteiger partial charge in [-0.3, -0.25) is 9.59 Å². The average molecular weight is 406 g/mol. The molecule has 3 rings (SSSR count). The van der Waals surface area contributed by atoms with E-state index >= 15 is 0 Å². The summed E-state index contributed by atoms with van der Waals surface area (Å²) in [6.07, 6.45) is 0.303. The van der Waals surface area contributed by atoms with Gasteiger partial charge in [0, 0.05) is 77.6 Å². The van der Waals surface area contributed by atoms with Crippen molar-refractivity contribution in [1.29, 1.82) is 0 Å². The monoisotopic (exact) mass is 405 g/mol. The van der Waals surface area contributed by atoms with Crippen molar-refractivity contribution < 1.29 is 18.0 Å². The molecular formula is C15H27N5O4S2. The summed E-state index contributed by atoms with van der Waals surface area (Å²) in [4.78, 5) is 29.5. The highest BCUT2D eigenvalue weighted by Crippen LogP contribution is 2.18. The third-order valence-corrected chi connectivity index (χ3v) is 8.07. The second-order valence-electron chi connectivity index (χ2n) is 6.84. The Balaban J connectivity index is 1.46. The highest BCUT2D eigenvalue weighted by molar-refractivity contribution is 8.13. The van der Waals surface area contributed by atoms with Gasteiger partial charge in [0.25, 0.3) is 15.4 Å². The maximum atomic E-state index is 12.7. The number of rotatable bonds is 5. The van der Waals surface area contributed by atoms with Crippen molar-refractivity contribution in [2.75, 3.05) is 78.2 Å². The normalized spacial score (nSPS) is 24.4. The molecule has 3 fully saturated rings. The topological polar surface area (TPSA) is 84.5 Å². The van der Waals surface area contributed by atoms with Crippen LogP contribution < -0.4 is 0 Å². The van der Waals surface area contributed by atoms with Gasteiger partial charge < -0.3 is 14.7 Å². The molecule has 26 heavy (non-hydrogen) atoms. The van der Waals surface area contributed by atoms with Gasteiger partial charge in [-0.2, -0.15) is 17.0 Å². The van der Waals surface area contributed by atoms with Crippen molar-refractivity contribution in [2.24, 2.45) is 0 Å². The summed E-state index contributed by atoms with van der Waals surface area (Å²) < 4.78 is 28.5. The Morgan fingerprint density at radius 2 is 1.54 bits per heavy atom. The molecule has 0 aromatic carbocycles. The van der Waals surface area contributed by atoms with Crippen molar-refractivity contribution >= 4 is 33.1 Å². The SMILES string of the molecule is CN1CCN(S(=O)(=O)N2CCN(C(=O)CCN3CCSC3=O)CC2)CC1. The first-order chi connectivity index (χ1) is 12.4. The number of carbonyl (C=O) groups excluding carboxylic acids is 2. The molecule has 0 spiro atoms. The minimum Gasteiger partial charge on any atom is -0.340 e. The minimum atomic E-state index is -3.44. The van der Waals surface area contributed by atoms with Gasteiger partial charge in [-0.15, -0.1) is 0 Å². The first-order valence-electron chi connectivity index (χ1n) is 9.01. The molecule has 148 valence electrons. The van der Waals surface area contributed by atoms with Crippen LogP contribution in [-0.4, -0.2) is 121 Å². The van der Waals surface area contributed by atoms with Gasteiger partial charge in [-0.05, 0) is 7.05 Å². The average Bonchev–Trinajstić information content (AvgIpc) is 3.05. The number of hydrogen-bond donors (Lipinski definition) is 0. The minimum absolute atomic E-state index is 0.00801. The molecular weight excluding hydrogens is 378 g/mol. The fraction of sp³-hybridized carbons (Fsp3) is 0.867. The number of likely N-dealkylation sites (N-methyl/N-ethyl adjacent to an activating group) is 1. The number of nitrogens with zero attached hydrogens (tertiary/aromatic N) is 5. The first kappa shape index (κ1) is 19.9. The number of carbonyl (C=O) groups is 2. The molecule has 9 nitrogen and oxygen atoms in total. The molecule has 0 bridgehead atoms. The summed E-state index contributed by atoms with van der Waals surface area (Å²) in [7, 11) is -1.46. The van der Waals surface area contributed by atoms with E-state index in [1.165, 1.54) is 16.1 Å². The molecule has 3 heterocycles. The Hall–Kier alpha value is -0.880. The summed E-state index contributed by atoms with van der Waals surface area (Å²) in [5, 5.41) is 0.0425. The Morgan fingerprint density at radius 3 is 2.08 bits per heavy atom. The maximum absolute atomic E-state index is 12.7. The van der Waals surface area contributed by atoms with E-state index in [4.69, 9.17) is 0 Å². The molecule has 0 radical (unpaired) electrons. The maximum Gasteiger partial charge on any atom is 0.282 e. The summed E-state index contributed by atoms with van der Waals surface area (Å²) in [6.45, 7) is 5.15. The van der Waals surface area contributed by atoms with Crippen molar-refractivity contribution in [1.82, 2.24) is 23.3 Å². The van der Waals surface area contributed by atoms with Crippen LogP contribution in [0, 0.1) is 0 Å². The molecule has 2 amide bonds. The summed E-state index contributed by atoms with van der Waals surface area (Å²) >= 11 is 1.29. The van der Waals surface area contributed by atoms with Gasteiger partial charge in [0.15, 0.2) is 0 Å². The molecule has 0 aromatic heterocycles. The molecule has 0 N–H and O–H groups in total. The molecule has 0 unspecified atom stereocenters. The molecule has 3 aliphatic heterocycles. The third kappa shape index (κ3) is 4.50. The zero-order valence-electron chi connectivity index (χ0n) is 15.2. The molecule has 3 saturated heterocycles. The lowest BCUT2D eigenvalue weighted by Crippen LogP contribution is -2.57. The zero-order valence-corrected chi connectivity index (χ0v) is 16.8. The van der Waals surface area contributed by atoms with Gasteiger partial charge >= 0.3 is 0 Å². The Labute approximate surface area is 159 Å². The van der Waals surface area contributed by atoms with Crippen molar-refractivity contribution in [3.05, 3.63) is 0 Å². The Morgan fingerprint density at radius 1 is 0.962 bits per heavy atom. The highest BCUT2D eigenvalue weighted by Gasteiger charge is 2.34. The smallest absolute Gasteiger partial charge is 0.282 e. The van der Waals surface area contributed by atoms with Gasteiger partial charge in [0.2, 0.25) is 5.91 Å². The van der Waals surface area contributed by atoms with E-state index in [0.717, 1.165) is 18.8 Å². The van der Waals surface area contributed by atoms with Gasteiger partial charge in [0.05, 0.1) is 0 Å². The summed E-state index contributed by atoms with van der Waals surface area (Å²) in [5.41, 5.74) is 0. The second-order valence-corrected chi connectivity index (χ2v) is 9.82. The standard InChI is InChI=1S/C15H27N5O4S2/c1-16-4-8-19(9-5-16)26(23,24)20-10-6-17(7-11-20)14(21)2-3-18-12-13-25-15(18)22/h2-13H2,1H3. The molecule has 0 aromatic rings. The van der Waals surface area contributed by atoms with Gasteiger partial charge in [0.1, 0.15) is 0 Å². The lowest BCUT2D eigenvalue weighted by Gasteiger charge is -2.39. The van der Waals surface area contributed by atoms with Crippen molar-refractivity contribution in [3.63, 3.8) is 0 Å². The lowest BCUT2D eigenvalue weighted by atomic mass is 10.3. The van der Waals surface area contributed by atoms with Crippen LogP contribution in [0.5, 0.6) is 0 Å². The zero-order chi connectivity index (χ0) is 18.7. The van der Waals surface area contributed by atoms with Crippen LogP contribution in [0.15, 0.2) is 0 Å². The van der Waals surface area contributed by atoms with Gasteiger partial charge in [-0.25, -0.2) is 0 Å². The van der Waals surface area contributed by atoms with Crippen LogP contribution in [0.3, 0.4) is 0 Å². The van der Waals surface area contributed by atoms with E-state index in [-0.39, 0.29) is 11.1 Å². The van der Waals surface area contributed by atoms with E-state index in [2.05, 4.69) is 4.90 Å². The van der Waals surface area contributed by atoms with Crippen LogP contribution in [0.4, 0.5) is 4.79 Å². The fourth-order valence-corrected chi connectivity index (χ4v) is 5.80. The van der Waals surface area contributed by atoms with E-state index in [0.29, 0.717) is 58.8 Å². The fourth-order valence-electron chi connectivity index (χ4n) is 3.37. The Kier molecular flexibility index (Phi) is 6.44. The predicted octanol–water partition coefficient (Wildman–Crippen LogP) is -0.818. The van der Waals surface area contributed by atoms with Crippen LogP contribution in [0.1, 0.15) is 6.42 Å². The van der Waals surface area contributed by atoms with E-state index in [9.17, 15) is 18.0 Å². The van der Waals surface area contributed by atoms with Crippen LogP contribution in [0.25, 0.3) is 0 Å². The molecule has 11 heteroatoms. The number of thioether (sulfide) groups is 1. The second kappa shape index (κ2) is 8.42.